The highest BCUT2D eigenvalue weighted by Gasteiger charge is 2.28. The molecular formula is C30H24N3O2P. The summed E-state index contributed by atoms with van der Waals surface area (Å²) in [7, 11) is -2.59. The number of benzene rings is 5. The Morgan fingerprint density at radius 1 is 0.611 bits per heavy atom. The van der Waals surface area contributed by atoms with Crippen LogP contribution in [0.25, 0.3) is 0 Å². The molecular weight excluding hydrogens is 465 g/mol. The van der Waals surface area contributed by atoms with Gasteiger partial charge in [0.15, 0.2) is 0 Å². The number of hydrogen-bond donors (Lipinski definition) is 1. The molecule has 5 rings (SSSR count). The fourth-order valence-corrected chi connectivity index (χ4v) is 7.75. The highest BCUT2D eigenvalue weighted by molar-refractivity contribution is 7.87. The van der Waals surface area contributed by atoms with Gasteiger partial charge in [0.1, 0.15) is 0 Å². The van der Waals surface area contributed by atoms with Crippen molar-refractivity contribution in [2.45, 2.75) is 0 Å². The van der Waals surface area contributed by atoms with Crippen LogP contribution in [-0.4, -0.2) is 4.92 Å². The zero-order chi connectivity index (χ0) is 24.8. The zero-order valence-electron chi connectivity index (χ0n) is 19.4. The van der Waals surface area contributed by atoms with E-state index in [9.17, 15) is 10.1 Å². The second-order valence-corrected chi connectivity index (χ2v) is 11.2. The monoisotopic (exact) mass is 489 g/mol. The van der Waals surface area contributed by atoms with Crippen LogP contribution in [0.15, 0.2) is 144 Å². The molecule has 1 N–H and O–H groups in total. The molecule has 5 nitrogen and oxygen atoms in total. The highest BCUT2D eigenvalue weighted by atomic mass is 31.2. The predicted molar refractivity (Wildman–Crippen MR) is 150 cm³/mol. The molecule has 0 aliphatic heterocycles. The van der Waals surface area contributed by atoms with Crippen LogP contribution in [0.5, 0.6) is 0 Å². The summed E-state index contributed by atoms with van der Waals surface area (Å²) in [6, 6.07) is 45.2. The van der Waals surface area contributed by atoms with Gasteiger partial charge >= 0.3 is 0 Å². The van der Waals surface area contributed by atoms with Crippen LogP contribution in [0.1, 0.15) is 0 Å². The van der Waals surface area contributed by atoms with E-state index in [4.69, 9.17) is 4.74 Å². The summed E-state index contributed by atoms with van der Waals surface area (Å²) in [5.41, 5.74) is 2.13. The summed E-state index contributed by atoms with van der Waals surface area (Å²) < 4.78 is 5.48. The SMILES string of the molecule is O=[N+]([O-])c1ccc(Nc2ccccc2)c(N=P(c2ccccc2)(c2ccccc2)c2ccccc2)c1. The number of nitrogens with zero attached hydrogens (tertiary/aromatic N) is 2. The molecule has 0 heterocycles. The van der Waals surface area contributed by atoms with E-state index < -0.39 is 7.05 Å². The lowest BCUT2D eigenvalue weighted by molar-refractivity contribution is -0.384. The topological polar surface area (TPSA) is 67.5 Å². The Kier molecular flexibility index (Phi) is 6.74. The predicted octanol–water partition coefficient (Wildman–Crippen LogP) is 7.15. The molecule has 0 bridgehead atoms. The summed E-state index contributed by atoms with van der Waals surface area (Å²) in [4.78, 5) is 11.4. The first kappa shape index (κ1) is 23.3. The van der Waals surface area contributed by atoms with Crippen LogP contribution in [0.2, 0.25) is 0 Å². The fraction of sp³-hybridized carbons (Fsp3) is 0. The van der Waals surface area contributed by atoms with Crippen molar-refractivity contribution in [2.75, 3.05) is 5.32 Å². The molecule has 0 saturated carbocycles. The Morgan fingerprint density at radius 3 is 1.50 bits per heavy atom. The third kappa shape index (κ3) is 4.70. The van der Waals surface area contributed by atoms with Gasteiger partial charge in [0.25, 0.3) is 5.69 Å². The van der Waals surface area contributed by atoms with E-state index >= 15 is 0 Å². The molecule has 0 aliphatic carbocycles. The minimum Gasteiger partial charge on any atom is -0.354 e. The van der Waals surface area contributed by atoms with Crippen LogP contribution in [0.4, 0.5) is 22.7 Å². The zero-order valence-corrected chi connectivity index (χ0v) is 20.3. The van der Waals surface area contributed by atoms with Gasteiger partial charge < -0.3 is 5.32 Å². The third-order valence-corrected chi connectivity index (χ3v) is 9.54. The van der Waals surface area contributed by atoms with Crippen molar-refractivity contribution in [1.82, 2.24) is 0 Å². The average molecular weight is 490 g/mol. The summed E-state index contributed by atoms with van der Waals surface area (Å²) in [5.74, 6) is 0. The van der Waals surface area contributed by atoms with Crippen LogP contribution in [0, 0.1) is 10.1 Å². The maximum atomic E-state index is 11.8. The number of nitrogens with one attached hydrogen (secondary N) is 1. The molecule has 0 aromatic heterocycles. The molecule has 5 aromatic carbocycles. The Morgan fingerprint density at radius 2 is 1.06 bits per heavy atom. The lowest BCUT2D eigenvalue weighted by atomic mass is 10.2. The van der Waals surface area contributed by atoms with Crippen molar-refractivity contribution < 1.29 is 4.92 Å². The van der Waals surface area contributed by atoms with Gasteiger partial charge in [0.2, 0.25) is 0 Å². The summed E-state index contributed by atoms with van der Waals surface area (Å²) in [6.45, 7) is 0. The minimum atomic E-state index is -2.59. The molecule has 0 aliphatic rings. The van der Waals surface area contributed by atoms with E-state index in [0.717, 1.165) is 21.6 Å². The molecule has 0 atom stereocenters. The molecule has 0 amide bonds. The molecule has 6 heteroatoms. The van der Waals surface area contributed by atoms with Crippen LogP contribution in [-0.2, 0) is 0 Å². The molecule has 0 radical (unpaired) electrons. The van der Waals surface area contributed by atoms with Crippen LogP contribution < -0.4 is 21.2 Å². The lowest BCUT2D eigenvalue weighted by Crippen LogP contribution is -2.25. The number of nitro groups is 1. The van der Waals surface area contributed by atoms with Gasteiger partial charge in [-0.15, -0.1) is 0 Å². The van der Waals surface area contributed by atoms with E-state index in [1.165, 1.54) is 6.07 Å². The minimum absolute atomic E-state index is 0.000327. The first-order valence-electron chi connectivity index (χ1n) is 11.6. The van der Waals surface area contributed by atoms with Gasteiger partial charge in [0.05, 0.1) is 23.4 Å². The van der Waals surface area contributed by atoms with Gasteiger partial charge in [-0.1, -0.05) is 109 Å². The van der Waals surface area contributed by atoms with E-state index in [2.05, 4.69) is 41.7 Å². The molecule has 0 unspecified atom stereocenters. The summed E-state index contributed by atoms with van der Waals surface area (Å²) >= 11 is 0. The van der Waals surface area contributed by atoms with Gasteiger partial charge in [-0.25, -0.2) is 0 Å². The first-order valence-corrected chi connectivity index (χ1v) is 13.3. The van der Waals surface area contributed by atoms with E-state index in [1.807, 2.05) is 84.9 Å². The fourth-order valence-electron chi connectivity index (χ4n) is 4.21. The van der Waals surface area contributed by atoms with Gasteiger partial charge in [-0.2, -0.15) is 0 Å². The van der Waals surface area contributed by atoms with Crippen molar-refractivity contribution >= 4 is 45.7 Å². The highest BCUT2D eigenvalue weighted by Crippen LogP contribution is 2.51. The van der Waals surface area contributed by atoms with Crippen molar-refractivity contribution in [1.29, 1.82) is 0 Å². The maximum Gasteiger partial charge on any atom is 0.271 e. The normalized spacial score (nSPS) is 11.0. The number of non-ortho nitro benzene ring substituents is 1. The Labute approximate surface area is 210 Å². The summed E-state index contributed by atoms with van der Waals surface area (Å²) in [6.07, 6.45) is 0. The smallest absolute Gasteiger partial charge is 0.271 e. The quantitative estimate of drug-likeness (QED) is 0.150. The number of rotatable bonds is 7. The average Bonchev–Trinajstić information content (AvgIpc) is 2.94. The second kappa shape index (κ2) is 10.4. The molecule has 5 aromatic rings. The van der Waals surface area contributed by atoms with Crippen molar-refractivity contribution in [3.8, 4) is 0 Å². The van der Waals surface area contributed by atoms with E-state index in [1.54, 1.807) is 12.1 Å². The van der Waals surface area contributed by atoms with Crippen LogP contribution in [0.3, 0.4) is 0 Å². The van der Waals surface area contributed by atoms with Crippen molar-refractivity contribution in [3.05, 3.63) is 150 Å². The van der Waals surface area contributed by atoms with Crippen LogP contribution >= 0.6 is 7.05 Å². The summed E-state index contributed by atoms with van der Waals surface area (Å²) in [5, 5.41) is 18.4. The molecule has 0 saturated heterocycles. The number of para-hydroxylation sites is 1. The Balaban J connectivity index is 1.87. The molecule has 0 spiro atoms. The standard InChI is InChI=1S/C30H24N3O2P/c34-33(35)25-21-22-29(31-24-13-5-1-6-14-24)30(23-25)32-36(26-15-7-2-8-16-26,27-17-9-3-10-18-27)28-19-11-4-12-20-28/h1-23,31H. The molecule has 176 valence electrons. The third-order valence-electron chi connectivity index (χ3n) is 5.89. The lowest BCUT2D eigenvalue weighted by Gasteiger charge is -2.27. The number of nitro benzene ring substituents is 1. The van der Waals surface area contributed by atoms with E-state index in [0.29, 0.717) is 11.4 Å². The Hall–Kier alpha value is -4.47. The van der Waals surface area contributed by atoms with Gasteiger partial charge in [-0.3, -0.25) is 14.9 Å². The van der Waals surface area contributed by atoms with Gasteiger partial charge in [-0.05, 0) is 18.2 Å². The second-order valence-electron chi connectivity index (χ2n) is 8.19. The van der Waals surface area contributed by atoms with Crippen molar-refractivity contribution in [2.24, 2.45) is 4.74 Å². The first-order chi connectivity index (χ1) is 17.7. The maximum absolute atomic E-state index is 11.8. The van der Waals surface area contributed by atoms with Gasteiger partial charge in [0, 0.05) is 33.7 Å². The number of anilines is 2. The largest absolute Gasteiger partial charge is 0.354 e. The Bertz CT molecular complexity index is 1420. The number of hydrogen-bond acceptors (Lipinski definition) is 4. The molecule has 0 fully saturated rings. The molecule has 36 heavy (non-hydrogen) atoms. The van der Waals surface area contributed by atoms with E-state index in [-0.39, 0.29) is 10.6 Å². The van der Waals surface area contributed by atoms with Crippen molar-refractivity contribution in [3.63, 3.8) is 0 Å².